The smallest absolute Gasteiger partial charge is 0.337 e. The molecule has 0 aliphatic carbocycles. The number of urea groups is 1. The predicted molar refractivity (Wildman–Crippen MR) is 79.3 cm³/mol. The zero-order chi connectivity index (χ0) is 15.3. The molecular formula is C15H22N2O3. The number of carbonyl (C=O) groups excluding carboxylic acids is 1. The maximum Gasteiger partial charge on any atom is 0.337 e. The number of amides is 2. The number of rotatable bonds is 5. The van der Waals surface area contributed by atoms with E-state index in [4.69, 9.17) is 0 Å². The Morgan fingerprint density at radius 1 is 1.25 bits per heavy atom. The molecule has 5 nitrogen and oxygen atoms in total. The van der Waals surface area contributed by atoms with E-state index in [1.165, 1.54) is 11.0 Å². The largest absolute Gasteiger partial charge is 0.478 e. The summed E-state index contributed by atoms with van der Waals surface area (Å²) < 4.78 is 0. The summed E-state index contributed by atoms with van der Waals surface area (Å²) in [4.78, 5) is 26.8. The van der Waals surface area contributed by atoms with Crippen LogP contribution in [0.3, 0.4) is 0 Å². The Labute approximate surface area is 119 Å². The zero-order valence-electron chi connectivity index (χ0n) is 12.5. The van der Waals surface area contributed by atoms with E-state index in [1.54, 1.807) is 30.1 Å². The van der Waals surface area contributed by atoms with E-state index in [9.17, 15) is 14.7 Å². The van der Waals surface area contributed by atoms with Crippen LogP contribution in [-0.4, -0.2) is 42.1 Å². The number of carboxylic acids is 1. The minimum atomic E-state index is -1.04. The van der Waals surface area contributed by atoms with E-state index in [0.717, 1.165) is 0 Å². The minimum Gasteiger partial charge on any atom is -0.478 e. The molecule has 1 N–H and O–H groups in total. The lowest BCUT2D eigenvalue weighted by molar-refractivity contribution is 0.0697. The van der Waals surface area contributed by atoms with Crippen molar-refractivity contribution in [1.29, 1.82) is 0 Å². The van der Waals surface area contributed by atoms with Gasteiger partial charge in [-0.25, -0.2) is 9.59 Å². The van der Waals surface area contributed by atoms with E-state index >= 15 is 0 Å². The Morgan fingerprint density at radius 2 is 1.85 bits per heavy atom. The number of para-hydroxylation sites is 1. The van der Waals surface area contributed by atoms with Gasteiger partial charge in [0.15, 0.2) is 0 Å². The van der Waals surface area contributed by atoms with Crippen LogP contribution in [0.2, 0.25) is 0 Å². The first-order valence-electron chi connectivity index (χ1n) is 6.73. The van der Waals surface area contributed by atoms with Crippen molar-refractivity contribution >= 4 is 17.7 Å². The second-order valence-corrected chi connectivity index (χ2v) is 5.10. The van der Waals surface area contributed by atoms with Crippen molar-refractivity contribution in [3.05, 3.63) is 29.8 Å². The molecule has 0 radical (unpaired) electrons. The van der Waals surface area contributed by atoms with Gasteiger partial charge < -0.3 is 10.0 Å². The van der Waals surface area contributed by atoms with Gasteiger partial charge in [0.25, 0.3) is 0 Å². The third kappa shape index (κ3) is 3.73. The molecule has 5 heteroatoms. The van der Waals surface area contributed by atoms with E-state index in [0.29, 0.717) is 24.7 Å². The number of nitrogens with zero attached hydrogens (tertiary/aromatic N) is 2. The second kappa shape index (κ2) is 6.93. The van der Waals surface area contributed by atoms with Gasteiger partial charge in [-0.15, -0.1) is 0 Å². The van der Waals surface area contributed by atoms with Gasteiger partial charge in [0, 0.05) is 20.1 Å². The first-order chi connectivity index (χ1) is 9.38. The summed E-state index contributed by atoms with van der Waals surface area (Å²) >= 11 is 0. The fourth-order valence-corrected chi connectivity index (χ4v) is 2.05. The molecule has 1 aromatic rings. The lowest BCUT2D eigenvalue weighted by atomic mass is 10.1. The first kappa shape index (κ1) is 16.0. The monoisotopic (exact) mass is 278 g/mol. The lowest BCUT2D eigenvalue weighted by Gasteiger charge is -2.29. The minimum absolute atomic E-state index is 0.129. The molecule has 0 saturated heterocycles. The third-order valence-electron chi connectivity index (χ3n) is 3.02. The highest BCUT2D eigenvalue weighted by atomic mass is 16.4. The first-order valence-corrected chi connectivity index (χ1v) is 6.73. The van der Waals surface area contributed by atoms with Crippen LogP contribution in [0.5, 0.6) is 0 Å². The summed E-state index contributed by atoms with van der Waals surface area (Å²) in [7, 11) is 1.60. The van der Waals surface area contributed by atoms with Crippen molar-refractivity contribution in [2.45, 2.75) is 20.8 Å². The topological polar surface area (TPSA) is 60.9 Å². The summed E-state index contributed by atoms with van der Waals surface area (Å²) in [5, 5.41) is 9.19. The van der Waals surface area contributed by atoms with Crippen molar-refractivity contribution < 1.29 is 14.7 Å². The third-order valence-corrected chi connectivity index (χ3v) is 3.02. The van der Waals surface area contributed by atoms with Crippen LogP contribution < -0.4 is 4.90 Å². The molecule has 0 fully saturated rings. The summed E-state index contributed by atoms with van der Waals surface area (Å²) in [6.45, 7) is 7.24. The standard InChI is InChI=1S/C15H22N2O3/c1-5-17(10-11(2)3)15(20)16(4)13-9-7-6-8-12(13)14(18)19/h6-9,11H,5,10H2,1-4H3,(H,18,19). The molecule has 2 amide bonds. The van der Waals surface area contributed by atoms with Crippen LogP contribution in [0.1, 0.15) is 31.1 Å². The molecule has 0 aliphatic rings. The van der Waals surface area contributed by atoms with Gasteiger partial charge in [0.1, 0.15) is 0 Å². The van der Waals surface area contributed by atoms with Gasteiger partial charge in [0.2, 0.25) is 0 Å². The van der Waals surface area contributed by atoms with Gasteiger partial charge >= 0.3 is 12.0 Å². The van der Waals surface area contributed by atoms with E-state index < -0.39 is 5.97 Å². The number of hydrogen-bond acceptors (Lipinski definition) is 2. The fourth-order valence-electron chi connectivity index (χ4n) is 2.05. The molecule has 110 valence electrons. The van der Waals surface area contributed by atoms with Crippen LogP contribution in [0.25, 0.3) is 0 Å². The number of anilines is 1. The highest BCUT2D eigenvalue weighted by molar-refractivity contribution is 6.01. The summed E-state index contributed by atoms with van der Waals surface area (Å²) in [5.74, 6) is -0.672. The van der Waals surface area contributed by atoms with Crippen molar-refractivity contribution in [2.75, 3.05) is 25.0 Å². The van der Waals surface area contributed by atoms with Gasteiger partial charge in [-0.3, -0.25) is 4.90 Å². The molecule has 0 bridgehead atoms. The Morgan fingerprint density at radius 3 is 2.35 bits per heavy atom. The fraction of sp³-hybridized carbons (Fsp3) is 0.467. The number of aromatic carboxylic acids is 1. The van der Waals surface area contributed by atoms with Crippen molar-refractivity contribution in [2.24, 2.45) is 5.92 Å². The van der Waals surface area contributed by atoms with Crippen molar-refractivity contribution in [3.63, 3.8) is 0 Å². The molecule has 0 aliphatic heterocycles. The summed E-state index contributed by atoms with van der Waals surface area (Å²) in [5.41, 5.74) is 0.538. The Bertz CT molecular complexity index is 486. The summed E-state index contributed by atoms with van der Waals surface area (Å²) in [6, 6.07) is 6.33. The average molecular weight is 278 g/mol. The SMILES string of the molecule is CCN(CC(C)C)C(=O)N(C)c1ccccc1C(=O)O. The van der Waals surface area contributed by atoms with Crippen LogP contribution in [0, 0.1) is 5.92 Å². The van der Waals surface area contributed by atoms with Crippen LogP contribution >= 0.6 is 0 Å². The van der Waals surface area contributed by atoms with E-state index in [1.807, 2.05) is 20.8 Å². The van der Waals surface area contributed by atoms with Gasteiger partial charge in [-0.1, -0.05) is 26.0 Å². The number of carbonyl (C=O) groups is 2. The van der Waals surface area contributed by atoms with Crippen molar-refractivity contribution in [3.8, 4) is 0 Å². The highest BCUT2D eigenvalue weighted by Crippen LogP contribution is 2.20. The average Bonchev–Trinajstić information content (AvgIpc) is 2.42. The zero-order valence-corrected chi connectivity index (χ0v) is 12.5. The molecule has 1 rings (SSSR count). The summed E-state index contributed by atoms with van der Waals surface area (Å²) in [6.07, 6.45) is 0. The van der Waals surface area contributed by atoms with Crippen LogP contribution in [0.15, 0.2) is 24.3 Å². The number of hydrogen-bond donors (Lipinski definition) is 1. The maximum atomic E-state index is 12.4. The van der Waals surface area contributed by atoms with Gasteiger partial charge in [0.05, 0.1) is 11.3 Å². The molecule has 20 heavy (non-hydrogen) atoms. The van der Waals surface area contributed by atoms with Gasteiger partial charge in [-0.05, 0) is 25.0 Å². The lowest BCUT2D eigenvalue weighted by Crippen LogP contribution is -2.43. The molecule has 1 aromatic carbocycles. The molecule has 0 saturated carbocycles. The number of benzene rings is 1. The van der Waals surface area contributed by atoms with Crippen LogP contribution in [-0.2, 0) is 0 Å². The quantitative estimate of drug-likeness (QED) is 0.900. The Balaban J connectivity index is 3.02. The molecule has 0 heterocycles. The molecule has 0 atom stereocenters. The molecular weight excluding hydrogens is 256 g/mol. The number of carboxylic acid groups (broad SMARTS) is 1. The molecule has 0 spiro atoms. The molecule has 0 unspecified atom stereocenters. The molecule has 0 aromatic heterocycles. The highest BCUT2D eigenvalue weighted by Gasteiger charge is 2.22. The Hall–Kier alpha value is -2.04. The predicted octanol–water partition coefficient (Wildman–Crippen LogP) is 2.92. The van der Waals surface area contributed by atoms with Gasteiger partial charge in [-0.2, -0.15) is 0 Å². The van der Waals surface area contributed by atoms with E-state index in [-0.39, 0.29) is 11.6 Å². The van der Waals surface area contributed by atoms with Crippen molar-refractivity contribution in [1.82, 2.24) is 4.90 Å². The van der Waals surface area contributed by atoms with Crippen LogP contribution in [0.4, 0.5) is 10.5 Å². The second-order valence-electron chi connectivity index (χ2n) is 5.10. The normalized spacial score (nSPS) is 10.4. The van der Waals surface area contributed by atoms with E-state index in [2.05, 4.69) is 0 Å². The maximum absolute atomic E-state index is 12.4. The Kier molecular flexibility index (Phi) is 5.55.